The summed E-state index contributed by atoms with van der Waals surface area (Å²) in [6, 6.07) is 6.90. The Morgan fingerprint density at radius 3 is 3.19 bits per heavy atom. The topological polar surface area (TPSA) is 21.3 Å². The van der Waals surface area contributed by atoms with Crippen molar-refractivity contribution in [1.29, 1.82) is 0 Å². The molecule has 0 radical (unpaired) electrons. The molecule has 2 heteroatoms. The smallest absolute Gasteiger partial charge is 0.120 e. The van der Waals surface area contributed by atoms with E-state index in [2.05, 4.69) is 30.1 Å². The summed E-state index contributed by atoms with van der Waals surface area (Å²) in [5.74, 6) is 0.945. The SMILES string of the molecule is C=CCOc1ccc2c(c1)C(NC)CCC2. The first-order valence-electron chi connectivity index (χ1n) is 5.89. The monoisotopic (exact) mass is 217 g/mol. The highest BCUT2D eigenvalue weighted by Gasteiger charge is 2.18. The van der Waals surface area contributed by atoms with Crippen LogP contribution in [0.5, 0.6) is 5.75 Å². The van der Waals surface area contributed by atoms with E-state index >= 15 is 0 Å². The van der Waals surface area contributed by atoms with E-state index in [9.17, 15) is 0 Å². The Balaban J connectivity index is 2.23. The maximum absolute atomic E-state index is 5.57. The van der Waals surface area contributed by atoms with E-state index in [1.165, 1.54) is 30.4 Å². The van der Waals surface area contributed by atoms with E-state index in [0.29, 0.717) is 12.6 Å². The molecule has 1 atom stereocenters. The minimum absolute atomic E-state index is 0.482. The lowest BCUT2D eigenvalue weighted by molar-refractivity contribution is 0.361. The lowest BCUT2D eigenvalue weighted by atomic mass is 9.87. The maximum atomic E-state index is 5.57. The number of aryl methyl sites for hydroxylation is 1. The third kappa shape index (κ3) is 2.27. The van der Waals surface area contributed by atoms with Crippen molar-refractivity contribution >= 4 is 0 Å². The molecule has 16 heavy (non-hydrogen) atoms. The molecule has 0 fully saturated rings. The minimum Gasteiger partial charge on any atom is -0.490 e. The van der Waals surface area contributed by atoms with Gasteiger partial charge in [0.15, 0.2) is 0 Å². The third-order valence-corrected chi connectivity index (χ3v) is 3.15. The predicted molar refractivity (Wildman–Crippen MR) is 66.9 cm³/mol. The number of hydrogen-bond acceptors (Lipinski definition) is 2. The minimum atomic E-state index is 0.482. The lowest BCUT2D eigenvalue weighted by Gasteiger charge is -2.25. The van der Waals surface area contributed by atoms with Crippen LogP contribution < -0.4 is 10.1 Å². The molecule has 0 saturated carbocycles. The third-order valence-electron chi connectivity index (χ3n) is 3.15. The molecule has 1 aromatic carbocycles. The molecule has 0 saturated heterocycles. The zero-order valence-electron chi connectivity index (χ0n) is 9.83. The van der Waals surface area contributed by atoms with Crippen LogP contribution in [0.3, 0.4) is 0 Å². The molecule has 1 aliphatic carbocycles. The van der Waals surface area contributed by atoms with Gasteiger partial charge in [0.05, 0.1) is 0 Å². The average molecular weight is 217 g/mol. The van der Waals surface area contributed by atoms with Gasteiger partial charge in [-0.3, -0.25) is 0 Å². The van der Waals surface area contributed by atoms with Gasteiger partial charge >= 0.3 is 0 Å². The Morgan fingerprint density at radius 2 is 2.44 bits per heavy atom. The Morgan fingerprint density at radius 1 is 1.56 bits per heavy atom. The average Bonchev–Trinajstić information content (AvgIpc) is 2.35. The second kappa shape index (κ2) is 5.17. The van der Waals surface area contributed by atoms with Crippen LogP contribution >= 0.6 is 0 Å². The largest absolute Gasteiger partial charge is 0.490 e. The molecule has 0 amide bonds. The van der Waals surface area contributed by atoms with Crippen molar-refractivity contribution in [3.63, 3.8) is 0 Å². The Labute approximate surface area is 97.3 Å². The number of rotatable bonds is 4. The Kier molecular flexibility index (Phi) is 3.62. The van der Waals surface area contributed by atoms with Crippen LogP contribution in [0.25, 0.3) is 0 Å². The summed E-state index contributed by atoms with van der Waals surface area (Å²) in [4.78, 5) is 0. The highest BCUT2D eigenvalue weighted by Crippen LogP contribution is 2.32. The number of nitrogens with one attached hydrogen (secondary N) is 1. The molecule has 0 heterocycles. The van der Waals surface area contributed by atoms with Gasteiger partial charge < -0.3 is 10.1 Å². The van der Waals surface area contributed by atoms with E-state index in [1.54, 1.807) is 6.08 Å². The molecule has 1 aromatic rings. The summed E-state index contributed by atoms with van der Waals surface area (Å²) in [5, 5.41) is 3.37. The summed E-state index contributed by atoms with van der Waals surface area (Å²) in [5.41, 5.74) is 2.85. The molecule has 2 nitrogen and oxygen atoms in total. The molecule has 1 aliphatic rings. The van der Waals surface area contributed by atoms with Gasteiger partial charge in [0.2, 0.25) is 0 Å². The van der Waals surface area contributed by atoms with Gasteiger partial charge in [0.1, 0.15) is 12.4 Å². The summed E-state index contributed by atoms with van der Waals surface area (Å²) >= 11 is 0. The van der Waals surface area contributed by atoms with Gasteiger partial charge in [-0.05, 0) is 49.6 Å². The van der Waals surface area contributed by atoms with Crippen molar-refractivity contribution in [2.75, 3.05) is 13.7 Å². The van der Waals surface area contributed by atoms with E-state index in [4.69, 9.17) is 4.74 Å². The van der Waals surface area contributed by atoms with Crippen LogP contribution in [0.4, 0.5) is 0 Å². The first-order chi connectivity index (χ1) is 7.85. The Bertz CT molecular complexity index is 373. The normalized spacial score (nSPS) is 18.9. The predicted octanol–water partition coefficient (Wildman–Crippen LogP) is 2.85. The molecule has 1 unspecified atom stereocenters. The lowest BCUT2D eigenvalue weighted by Crippen LogP contribution is -2.21. The number of hydrogen-bond donors (Lipinski definition) is 1. The van der Waals surface area contributed by atoms with Crippen molar-refractivity contribution in [2.24, 2.45) is 0 Å². The van der Waals surface area contributed by atoms with Crippen molar-refractivity contribution in [1.82, 2.24) is 5.32 Å². The quantitative estimate of drug-likeness (QED) is 0.783. The molecule has 86 valence electrons. The van der Waals surface area contributed by atoms with Crippen LogP contribution in [0.2, 0.25) is 0 Å². The van der Waals surface area contributed by atoms with E-state index < -0.39 is 0 Å². The second-order valence-corrected chi connectivity index (χ2v) is 4.19. The number of ether oxygens (including phenoxy) is 1. The van der Waals surface area contributed by atoms with Gasteiger partial charge in [-0.2, -0.15) is 0 Å². The summed E-state index contributed by atoms with van der Waals surface area (Å²) in [6.45, 7) is 4.23. The first kappa shape index (κ1) is 11.2. The van der Waals surface area contributed by atoms with Gasteiger partial charge in [-0.15, -0.1) is 0 Å². The zero-order valence-corrected chi connectivity index (χ0v) is 9.83. The molecular formula is C14H19NO. The molecule has 0 bridgehead atoms. The molecule has 1 N–H and O–H groups in total. The van der Waals surface area contributed by atoms with Crippen LogP contribution in [-0.2, 0) is 6.42 Å². The van der Waals surface area contributed by atoms with Crippen molar-refractivity contribution in [2.45, 2.75) is 25.3 Å². The highest BCUT2D eigenvalue weighted by molar-refractivity contribution is 5.39. The molecule has 0 aliphatic heterocycles. The van der Waals surface area contributed by atoms with E-state index in [1.807, 2.05) is 7.05 Å². The first-order valence-corrected chi connectivity index (χ1v) is 5.89. The summed E-state index contributed by atoms with van der Waals surface area (Å²) < 4.78 is 5.57. The fourth-order valence-electron chi connectivity index (χ4n) is 2.32. The fourth-order valence-corrected chi connectivity index (χ4v) is 2.32. The molecular weight excluding hydrogens is 198 g/mol. The van der Waals surface area contributed by atoms with Crippen molar-refractivity contribution < 1.29 is 4.74 Å². The zero-order chi connectivity index (χ0) is 11.4. The number of fused-ring (bicyclic) bond motifs is 1. The van der Waals surface area contributed by atoms with Crippen molar-refractivity contribution in [3.8, 4) is 5.75 Å². The van der Waals surface area contributed by atoms with Crippen LogP contribution in [0.1, 0.15) is 30.0 Å². The standard InChI is InChI=1S/C14H19NO/c1-3-9-16-12-8-7-11-5-4-6-14(15-2)13(11)10-12/h3,7-8,10,14-15H,1,4-6,9H2,2H3. The Hall–Kier alpha value is -1.28. The van der Waals surface area contributed by atoms with Crippen LogP contribution in [-0.4, -0.2) is 13.7 Å². The van der Waals surface area contributed by atoms with Gasteiger partial charge in [-0.25, -0.2) is 0 Å². The maximum Gasteiger partial charge on any atom is 0.120 e. The second-order valence-electron chi connectivity index (χ2n) is 4.19. The van der Waals surface area contributed by atoms with Gasteiger partial charge in [0, 0.05) is 6.04 Å². The fraction of sp³-hybridized carbons (Fsp3) is 0.429. The van der Waals surface area contributed by atoms with Crippen LogP contribution in [0.15, 0.2) is 30.9 Å². The molecule has 2 rings (SSSR count). The number of benzene rings is 1. The molecule has 0 spiro atoms. The van der Waals surface area contributed by atoms with Crippen LogP contribution in [0, 0.1) is 0 Å². The van der Waals surface area contributed by atoms with Gasteiger partial charge in [0.25, 0.3) is 0 Å². The van der Waals surface area contributed by atoms with E-state index in [-0.39, 0.29) is 0 Å². The highest BCUT2D eigenvalue weighted by atomic mass is 16.5. The van der Waals surface area contributed by atoms with Crippen molar-refractivity contribution in [3.05, 3.63) is 42.0 Å². The summed E-state index contributed by atoms with van der Waals surface area (Å²) in [7, 11) is 2.02. The summed E-state index contributed by atoms with van der Waals surface area (Å²) in [6.07, 6.45) is 5.45. The van der Waals surface area contributed by atoms with E-state index in [0.717, 1.165) is 5.75 Å². The molecule has 0 aromatic heterocycles. The van der Waals surface area contributed by atoms with Gasteiger partial charge in [-0.1, -0.05) is 18.7 Å².